The molecule has 126 valence electrons. The van der Waals surface area contributed by atoms with Crippen molar-refractivity contribution in [3.63, 3.8) is 0 Å². The van der Waals surface area contributed by atoms with E-state index in [1.807, 2.05) is 0 Å². The molecule has 0 bridgehead atoms. The molecule has 1 aromatic heterocycles. The summed E-state index contributed by atoms with van der Waals surface area (Å²) in [6, 6.07) is 2.02. The van der Waals surface area contributed by atoms with Crippen molar-refractivity contribution in [3.05, 3.63) is 33.7 Å². The summed E-state index contributed by atoms with van der Waals surface area (Å²) in [4.78, 5) is 0. The predicted molar refractivity (Wildman–Crippen MR) is 76.1 cm³/mol. The van der Waals surface area contributed by atoms with E-state index in [1.54, 1.807) is 0 Å². The minimum absolute atomic E-state index is 0.0280. The van der Waals surface area contributed by atoms with E-state index in [1.165, 1.54) is 7.11 Å². The number of nitrogens with zero attached hydrogens (tertiary/aromatic N) is 2. The molecular weight excluding hydrogens is 363 g/mol. The van der Waals surface area contributed by atoms with Gasteiger partial charge in [-0.2, -0.15) is 18.3 Å². The van der Waals surface area contributed by atoms with Gasteiger partial charge in [0.15, 0.2) is 12.5 Å². The van der Waals surface area contributed by atoms with E-state index in [-0.39, 0.29) is 28.8 Å². The Bertz CT molecular complexity index is 732. The number of methoxy groups -OCH3 is 1. The van der Waals surface area contributed by atoms with Gasteiger partial charge in [0.25, 0.3) is 0 Å². The van der Waals surface area contributed by atoms with Gasteiger partial charge in [-0.15, -0.1) is 0 Å². The fourth-order valence-electron chi connectivity index (χ4n) is 1.92. The van der Waals surface area contributed by atoms with E-state index in [0.29, 0.717) is 4.68 Å². The van der Waals surface area contributed by atoms with Crippen LogP contribution in [0.15, 0.2) is 12.1 Å². The lowest BCUT2D eigenvalue weighted by molar-refractivity contribution is -0.143. The molecule has 1 heterocycles. The Morgan fingerprint density at radius 2 is 1.91 bits per heavy atom. The van der Waals surface area contributed by atoms with Crippen LogP contribution >= 0.6 is 23.2 Å². The third-order valence-corrected chi connectivity index (χ3v) is 3.52. The first-order valence-corrected chi connectivity index (χ1v) is 6.83. The molecule has 0 aliphatic heterocycles. The first kappa shape index (κ1) is 17.8. The van der Waals surface area contributed by atoms with Crippen molar-refractivity contribution < 1.29 is 27.0 Å². The van der Waals surface area contributed by atoms with Crippen LogP contribution in [0.5, 0.6) is 5.75 Å². The van der Waals surface area contributed by atoms with E-state index < -0.39 is 22.7 Å². The summed E-state index contributed by atoms with van der Waals surface area (Å²) in [7, 11) is 2.43. The van der Waals surface area contributed by atoms with Crippen LogP contribution in [0.3, 0.4) is 0 Å². The second-order valence-corrected chi connectivity index (χ2v) is 5.23. The van der Waals surface area contributed by atoms with E-state index in [9.17, 15) is 17.6 Å². The molecule has 0 saturated heterocycles. The minimum Gasteiger partial charge on any atom is -0.466 e. The molecule has 0 unspecified atom stereocenters. The number of rotatable bonds is 4. The van der Waals surface area contributed by atoms with Crippen LogP contribution in [-0.2, 0) is 18.0 Å². The first-order chi connectivity index (χ1) is 10.7. The number of halogens is 6. The van der Waals surface area contributed by atoms with Gasteiger partial charge in [-0.05, 0) is 12.1 Å². The molecule has 1 aromatic carbocycles. The Morgan fingerprint density at radius 1 is 1.26 bits per heavy atom. The highest BCUT2D eigenvalue weighted by atomic mass is 35.5. The maximum absolute atomic E-state index is 14.1. The van der Waals surface area contributed by atoms with Crippen molar-refractivity contribution in [2.75, 3.05) is 13.9 Å². The zero-order valence-electron chi connectivity index (χ0n) is 11.8. The molecule has 0 fully saturated rings. The normalized spacial score (nSPS) is 11.8. The van der Waals surface area contributed by atoms with Gasteiger partial charge >= 0.3 is 6.18 Å². The van der Waals surface area contributed by atoms with Crippen LogP contribution in [0.2, 0.25) is 10.0 Å². The highest BCUT2D eigenvalue weighted by Crippen LogP contribution is 2.41. The van der Waals surface area contributed by atoms with Crippen molar-refractivity contribution in [2.45, 2.75) is 6.18 Å². The SMILES string of the molecule is COCOc1cc(-c2nn(C)c(C(F)(F)F)c2Cl)c(F)cc1Cl. The number of benzene rings is 1. The van der Waals surface area contributed by atoms with Crippen molar-refractivity contribution in [2.24, 2.45) is 7.05 Å². The zero-order valence-corrected chi connectivity index (χ0v) is 13.4. The van der Waals surface area contributed by atoms with Crippen LogP contribution in [0.4, 0.5) is 17.6 Å². The molecule has 2 rings (SSSR count). The van der Waals surface area contributed by atoms with E-state index in [0.717, 1.165) is 19.2 Å². The maximum Gasteiger partial charge on any atom is 0.434 e. The quantitative estimate of drug-likeness (QED) is 0.584. The first-order valence-electron chi connectivity index (χ1n) is 6.07. The van der Waals surface area contributed by atoms with Crippen LogP contribution in [-0.4, -0.2) is 23.7 Å². The van der Waals surface area contributed by atoms with E-state index in [4.69, 9.17) is 32.7 Å². The number of ether oxygens (including phenoxy) is 2. The van der Waals surface area contributed by atoms with Gasteiger partial charge in [0, 0.05) is 19.7 Å². The summed E-state index contributed by atoms with van der Waals surface area (Å²) in [6.45, 7) is -0.172. The van der Waals surface area contributed by atoms with Gasteiger partial charge in [-0.1, -0.05) is 23.2 Å². The maximum atomic E-state index is 14.1. The Balaban J connectivity index is 2.59. The third kappa shape index (κ3) is 3.54. The number of hydrogen-bond acceptors (Lipinski definition) is 3. The highest BCUT2D eigenvalue weighted by molar-refractivity contribution is 6.34. The summed E-state index contributed by atoms with van der Waals surface area (Å²) in [5, 5.41) is 2.88. The van der Waals surface area contributed by atoms with Crippen LogP contribution in [0, 0.1) is 5.82 Å². The molecular formula is C13H10Cl2F4N2O2. The average molecular weight is 373 g/mol. The van der Waals surface area contributed by atoms with Crippen molar-refractivity contribution in [1.82, 2.24) is 9.78 Å². The molecule has 0 aliphatic carbocycles. The largest absolute Gasteiger partial charge is 0.466 e. The van der Waals surface area contributed by atoms with Crippen LogP contribution in [0.1, 0.15) is 5.69 Å². The summed E-state index contributed by atoms with van der Waals surface area (Å²) < 4.78 is 63.3. The number of aromatic nitrogens is 2. The van der Waals surface area contributed by atoms with Crippen molar-refractivity contribution >= 4 is 23.2 Å². The van der Waals surface area contributed by atoms with E-state index in [2.05, 4.69) is 5.10 Å². The Morgan fingerprint density at radius 3 is 2.43 bits per heavy atom. The Labute approximate surface area is 138 Å². The topological polar surface area (TPSA) is 36.3 Å². The molecule has 0 amide bonds. The van der Waals surface area contributed by atoms with Crippen LogP contribution < -0.4 is 4.74 Å². The number of aryl methyl sites for hydroxylation is 1. The summed E-state index contributed by atoms with van der Waals surface area (Å²) in [5.41, 5.74) is -1.81. The molecule has 0 aliphatic rings. The average Bonchev–Trinajstić information content (AvgIpc) is 2.72. The zero-order chi connectivity index (χ0) is 17.4. The van der Waals surface area contributed by atoms with Gasteiger partial charge < -0.3 is 9.47 Å². The summed E-state index contributed by atoms with van der Waals surface area (Å²) in [6.07, 6.45) is -4.73. The molecule has 10 heteroatoms. The van der Waals surface area contributed by atoms with Crippen molar-refractivity contribution in [3.8, 4) is 17.0 Å². The fourth-order valence-corrected chi connectivity index (χ4v) is 2.50. The number of alkyl halides is 3. The molecule has 23 heavy (non-hydrogen) atoms. The highest BCUT2D eigenvalue weighted by Gasteiger charge is 2.39. The lowest BCUT2D eigenvalue weighted by Crippen LogP contribution is -2.12. The summed E-state index contributed by atoms with van der Waals surface area (Å²) >= 11 is 11.6. The second-order valence-electron chi connectivity index (χ2n) is 4.45. The van der Waals surface area contributed by atoms with Crippen LogP contribution in [0.25, 0.3) is 11.3 Å². The standard InChI is InChI=1S/C13H10Cl2F4N2O2/c1-21-12(13(17,18)19)10(15)11(20-21)6-3-9(23-5-22-2)7(14)4-8(6)16/h3-4H,5H2,1-2H3. The number of hydrogen-bond donors (Lipinski definition) is 0. The minimum atomic E-state index is -4.73. The summed E-state index contributed by atoms with van der Waals surface area (Å²) in [5.74, 6) is -0.853. The molecule has 2 aromatic rings. The molecule has 0 atom stereocenters. The Kier molecular flexibility index (Phi) is 5.07. The van der Waals surface area contributed by atoms with Crippen molar-refractivity contribution in [1.29, 1.82) is 0 Å². The van der Waals surface area contributed by atoms with Gasteiger partial charge in [0.2, 0.25) is 0 Å². The fraction of sp³-hybridized carbons (Fsp3) is 0.308. The van der Waals surface area contributed by atoms with Gasteiger partial charge in [0.1, 0.15) is 17.3 Å². The van der Waals surface area contributed by atoms with Gasteiger partial charge in [-0.3, -0.25) is 4.68 Å². The molecule has 0 radical (unpaired) electrons. The van der Waals surface area contributed by atoms with E-state index >= 15 is 0 Å². The molecule has 0 saturated carbocycles. The monoisotopic (exact) mass is 372 g/mol. The molecule has 0 spiro atoms. The Hall–Kier alpha value is -1.51. The molecule has 4 nitrogen and oxygen atoms in total. The lowest BCUT2D eigenvalue weighted by Gasteiger charge is -2.09. The molecule has 0 N–H and O–H groups in total. The smallest absolute Gasteiger partial charge is 0.434 e. The van der Waals surface area contributed by atoms with Gasteiger partial charge in [0.05, 0.1) is 10.0 Å². The lowest BCUT2D eigenvalue weighted by atomic mass is 10.1. The third-order valence-electron chi connectivity index (χ3n) is 2.87. The predicted octanol–water partition coefficient (Wildman–Crippen LogP) is 4.53. The van der Waals surface area contributed by atoms with Gasteiger partial charge in [-0.25, -0.2) is 4.39 Å². The second kappa shape index (κ2) is 6.54.